The highest BCUT2D eigenvalue weighted by Gasteiger charge is 2.18. The zero-order valence-electron chi connectivity index (χ0n) is 11.6. The molecule has 0 amide bonds. The number of hydrogen-bond donors (Lipinski definition) is 1. The molecule has 0 aliphatic carbocycles. The Morgan fingerprint density at radius 2 is 1.74 bits per heavy atom. The molecule has 0 aromatic heterocycles. The molecule has 0 radical (unpaired) electrons. The summed E-state index contributed by atoms with van der Waals surface area (Å²) in [4.78, 5) is 21.7. The highest BCUT2D eigenvalue weighted by atomic mass is 35.5. The van der Waals surface area contributed by atoms with Crippen LogP contribution in [0, 0.1) is 0 Å². The standard InChI is InChI=1S/C15H11Cl2NO4S/c16-11-3-6-13(17)15(9-11)23(21,22)18-12-4-1-10(2-5-12)14(20)7-8-19/h1-6,8-9,18H,7H2. The second-order valence-electron chi connectivity index (χ2n) is 4.55. The van der Waals surface area contributed by atoms with Crippen LogP contribution in [0.4, 0.5) is 5.69 Å². The largest absolute Gasteiger partial charge is 0.303 e. The summed E-state index contributed by atoms with van der Waals surface area (Å²) in [7, 11) is -3.92. The first-order valence-electron chi connectivity index (χ1n) is 6.38. The SMILES string of the molecule is O=CCC(=O)c1ccc(NS(=O)(=O)c2cc(Cl)ccc2Cl)cc1. The maximum atomic E-state index is 12.3. The minimum absolute atomic E-state index is 0.0414. The number of aldehydes is 1. The van der Waals surface area contributed by atoms with Crippen LogP contribution in [0.15, 0.2) is 47.4 Å². The third-order valence-corrected chi connectivity index (χ3v) is 5.01. The molecule has 0 saturated heterocycles. The molecule has 0 aliphatic heterocycles. The molecule has 2 rings (SSSR count). The Kier molecular flexibility index (Phi) is 5.41. The van der Waals surface area contributed by atoms with Crippen molar-refractivity contribution in [2.45, 2.75) is 11.3 Å². The number of ketones is 1. The number of carbonyl (C=O) groups excluding carboxylic acids is 2. The molecule has 0 heterocycles. The number of hydrogen-bond acceptors (Lipinski definition) is 4. The number of carbonyl (C=O) groups is 2. The number of halogens is 2. The van der Waals surface area contributed by atoms with E-state index < -0.39 is 10.0 Å². The molecule has 5 nitrogen and oxygen atoms in total. The highest BCUT2D eigenvalue weighted by molar-refractivity contribution is 7.92. The molecule has 2 aromatic carbocycles. The summed E-state index contributed by atoms with van der Waals surface area (Å²) in [5.41, 5.74) is 0.574. The third kappa shape index (κ3) is 4.31. The maximum Gasteiger partial charge on any atom is 0.263 e. The number of Topliss-reactive ketones (excluding diaryl/α,β-unsaturated/α-hetero) is 1. The van der Waals surface area contributed by atoms with Crippen LogP contribution in [0.2, 0.25) is 10.0 Å². The normalized spacial score (nSPS) is 11.0. The Labute approximate surface area is 143 Å². The van der Waals surface area contributed by atoms with Crippen molar-refractivity contribution < 1.29 is 18.0 Å². The summed E-state index contributed by atoms with van der Waals surface area (Å²) < 4.78 is 27.0. The Bertz CT molecular complexity index is 848. The van der Waals surface area contributed by atoms with E-state index in [1.54, 1.807) is 0 Å². The van der Waals surface area contributed by atoms with Crippen molar-refractivity contribution in [2.75, 3.05) is 4.72 Å². The fraction of sp³-hybridized carbons (Fsp3) is 0.0667. The van der Waals surface area contributed by atoms with Crippen LogP contribution in [-0.2, 0) is 14.8 Å². The number of rotatable bonds is 6. The van der Waals surface area contributed by atoms with Crippen LogP contribution in [0.1, 0.15) is 16.8 Å². The summed E-state index contributed by atoms with van der Waals surface area (Å²) in [6.07, 6.45) is 0.295. The lowest BCUT2D eigenvalue weighted by molar-refractivity contribution is -0.107. The van der Waals surface area contributed by atoms with Gasteiger partial charge >= 0.3 is 0 Å². The van der Waals surface area contributed by atoms with Crippen molar-refractivity contribution >= 4 is 51.0 Å². The maximum absolute atomic E-state index is 12.3. The quantitative estimate of drug-likeness (QED) is 0.478. The molecule has 0 spiro atoms. The van der Waals surface area contributed by atoms with Crippen LogP contribution in [0.25, 0.3) is 0 Å². The fourth-order valence-electron chi connectivity index (χ4n) is 1.81. The molecule has 1 N–H and O–H groups in total. The molecule has 2 aromatic rings. The molecule has 0 fully saturated rings. The predicted molar refractivity (Wildman–Crippen MR) is 88.7 cm³/mol. The lowest BCUT2D eigenvalue weighted by Gasteiger charge is -2.10. The minimum atomic E-state index is -3.92. The Balaban J connectivity index is 2.25. The van der Waals surface area contributed by atoms with Gasteiger partial charge in [-0.1, -0.05) is 23.2 Å². The molecule has 8 heteroatoms. The van der Waals surface area contributed by atoms with Gasteiger partial charge in [-0.25, -0.2) is 8.42 Å². The van der Waals surface area contributed by atoms with Crippen molar-refractivity contribution in [1.29, 1.82) is 0 Å². The topological polar surface area (TPSA) is 80.3 Å². The first-order chi connectivity index (χ1) is 10.8. The minimum Gasteiger partial charge on any atom is -0.303 e. The van der Waals surface area contributed by atoms with E-state index in [1.807, 2.05) is 0 Å². The third-order valence-electron chi connectivity index (χ3n) is 2.91. The zero-order chi connectivity index (χ0) is 17.0. The molecule has 0 bridgehead atoms. The molecular weight excluding hydrogens is 361 g/mol. The fourth-order valence-corrected chi connectivity index (χ4v) is 3.63. The summed E-state index contributed by atoms with van der Waals surface area (Å²) in [5.74, 6) is -0.340. The van der Waals surface area contributed by atoms with Gasteiger partial charge < -0.3 is 4.79 Å². The van der Waals surface area contributed by atoms with E-state index in [9.17, 15) is 18.0 Å². The molecular formula is C15H11Cl2NO4S. The van der Waals surface area contributed by atoms with E-state index >= 15 is 0 Å². The second-order valence-corrected chi connectivity index (χ2v) is 7.05. The molecule has 0 unspecified atom stereocenters. The van der Waals surface area contributed by atoms with Gasteiger partial charge in [-0.2, -0.15) is 0 Å². The van der Waals surface area contributed by atoms with Crippen LogP contribution < -0.4 is 4.72 Å². The van der Waals surface area contributed by atoms with Crippen LogP contribution in [-0.4, -0.2) is 20.5 Å². The second kappa shape index (κ2) is 7.12. The summed E-state index contributed by atoms with van der Waals surface area (Å²) in [6.45, 7) is 0. The van der Waals surface area contributed by atoms with Gasteiger partial charge in [-0.15, -0.1) is 0 Å². The number of anilines is 1. The smallest absolute Gasteiger partial charge is 0.263 e. The van der Waals surface area contributed by atoms with Gasteiger partial charge in [0.25, 0.3) is 10.0 Å². The van der Waals surface area contributed by atoms with Gasteiger partial charge in [0.15, 0.2) is 5.78 Å². The lowest BCUT2D eigenvalue weighted by atomic mass is 10.1. The summed E-state index contributed by atoms with van der Waals surface area (Å²) in [5, 5.41) is 0.282. The monoisotopic (exact) mass is 371 g/mol. The van der Waals surface area contributed by atoms with Gasteiger partial charge in [0, 0.05) is 16.3 Å². The highest BCUT2D eigenvalue weighted by Crippen LogP contribution is 2.27. The van der Waals surface area contributed by atoms with Crippen LogP contribution in [0.5, 0.6) is 0 Å². The van der Waals surface area contributed by atoms with Crippen molar-refractivity contribution in [1.82, 2.24) is 0 Å². The van der Waals surface area contributed by atoms with E-state index in [2.05, 4.69) is 4.72 Å². The van der Waals surface area contributed by atoms with Crippen molar-refractivity contribution in [3.8, 4) is 0 Å². The van der Waals surface area contributed by atoms with E-state index in [0.717, 1.165) is 0 Å². The summed E-state index contributed by atoms with van der Waals surface area (Å²) in [6, 6.07) is 9.83. The van der Waals surface area contributed by atoms with Gasteiger partial charge in [-0.05, 0) is 42.5 Å². The van der Waals surface area contributed by atoms with Crippen LogP contribution in [0.3, 0.4) is 0 Å². The first kappa shape index (κ1) is 17.5. The van der Waals surface area contributed by atoms with Crippen molar-refractivity contribution in [2.24, 2.45) is 0 Å². The molecule has 23 heavy (non-hydrogen) atoms. The van der Waals surface area contributed by atoms with Gasteiger partial charge in [0.05, 0.1) is 11.4 Å². The summed E-state index contributed by atoms with van der Waals surface area (Å²) >= 11 is 11.7. The molecule has 0 atom stereocenters. The zero-order valence-corrected chi connectivity index (χ0v) is 14.0. The van der Waals surface area contributed by atoms with E-state index in [-0.39, 0.29) is 32.8 Å². The van der Waals surface area contributed by atoms with Crippen molar-refractivity contribution in [3.63, 3.8) is 0 Å². The van der Waals surface area contributed by atoms with Gasteiger partial charge in [0.2, 0.25) is 0 Å². The van der Waals surface area contributed by atoms with E-state index in [1.165, 1.54) is 42.5 Å². The van der Waals surface area contributed by atoms with Gasteiger partial charge in [0.1, 0.15) is 11.2 Å². The first-order valence-corrected chi connectivity index (χ1v) is 8.62. The Morgan fingerprint density at radius 3 is 2.35 bits per heavy atom. The van der Waals surface area contributed by atoms with Crippen molar-refractivity contribution in [3.05, 3.63) is 58.1 Å². The number of nitrogens with one attached hydrogen (secondary N) is 1. The molecule has 0 saturated carbocycles. The van der Waals surface area contributed by atoms with Crippen LogP contribution >= 0.6 is 23.2 Å². The van der Waals surface area contributed by atoms with E-state index in [0.29, 0.717) is 11.8 Å². The molecule has 0 aliphatic rings. The Hall–Kier alpha value is -1.89. The lowest BCUT2D eigenvalue weighted by Crippen LogP contribution is -2.13. The number of sulfonamides is 1. The Morgan fingerprint density at radius 1 is 1.09 bits per heavy atom. The van der Waals surface area contributed by atoms with Gasteiger partial charge in [-0.3, -0.25) is 9.52 Å². The number of benzene rings is 2. The molecule has 120 valence electrons. The predicted octanol–water partition coefficient (Wildman–Crippen LogP) is 3.57. The van der Waals surface area contributed by atoms with E-state index in [4.69, 9.17) is 23.2 Å². The average Bonchev–Trinajstić information content (AvgIpc) is 2.50. The average molecular weight is 372 g/mol.